The number of aromatic nitrogens is 2. The van der Waals surface area contributed by atoms with Crippen LogP contribution in [-0.2, 0) is 0 Å². The summed E-state index contributed by atoms with van der Waals surface area (Å²) in [6.45, 7) is 2.05. The average Bonchev–Trinajstić information content (AvgIpc) is 3.36. The van der Waals surface area contributed by atoms with Crippen LogP contribution in [0.1, 0.15) is 5.69 Å². The van der Waals surface area contributed by atoms with Crippen molar-refractivity contribution >= 4 is 54.5 Å². The number of benzene rings is 6. The number of aryl methyl sites for hydroxylation is 1. The second kappa shape index (κ2) is 7.99. The number of rotatable bonds is 2. The van der Waals surface area contributed by atoms with E-state index in [0.29, 0.717) is 0 Å². The first-order chi connectivity index (χ1) is 18.8. The summed E-state index contributed by atoms with van der Waals surface area (Å²) in [5.41, 5.74) is 8.72. The Balaban J connectivity index is 1.37. The van der Waals surface area contributed by atoms with Gasteiger partial charge < -0.3 is 4.42 Å². The molecule has 8 rings (SSSR count). The summed E-state index contributed by atoms with van der Waals surface area (Å²) in [5, 5.41) is 6.93. The van der Waals surface area contributed by atoms with Crippen LogP contribution < -0.4 is 0 Å². The molecule has 38 heavy (non-hydrogen) atoms. The maximum Gasteiger partial charge on any atom is 0.143 e. The molecular formula is C35H22N2O. The van der Waals surface area contributed by atoms with Crippen LogP contribution in [0.25, 0.3) is 76.9 Å². The molecule has 0 unspecified atom stereocenters. The average molecular weight is 487 g/mol. The molecule has 0 amide bonds. The second-order valence-corrected chi connectivity index (χ2v) is 9.81. The van der Waals surface area contributed by atoms with E-state index in [-0.39, 0.29) is 0 Å². The third kappa shape index (κ3) is 3.02. The molecule has 3 nitrogen and oxygen atoms in total. The highest BCUT2D eigenvalue weighted by Gasteiger charge is 2.16. The molecule has 0 aliphatic carbocycles. The normalized spacial score (nSPS) is 11.8. The Hall–Kier alpha value is -5.02. The summed E-state index contributed by atoms with van der Waals surface area (Å²) < 4.78 is 6.33. The van der Waals surface area contributed by atoms with Crippen molar-refractivity contribution in [1.82, 2.24) is 9.97 Å². The lowest BCUT2D eigenvalue weighted by Gasteiger charge is -2.13. The molecule has 2 aromatic heterocycles. The zero-order valence-electron chi connectivity index (χ0n) is 20.8. The zero-order chi connectivity index (χ0) is 25.2. The van der Waals surface area contributed by atoms with E-state index in [9.17, 15) is 0 Å². The molecule has 0 fully saturated rings. The molecule has 3 heteroatoms. The van der Waals surface area contributed by atoms with Gasteiger partial charge in [0, 0.05) is 32.7 Å². The number of furan rings is 1. The molecule has 0 aliphatic rings. The quantitative estimate of drug-likeness (QED) is 0.228. The van der Waals surface area contributed by atoms with Crippen molar-refractivity contribution in [2.24, 2.45) is 0 Å². The maximum atomic E-state index is 6.33. The first-order valence-corrected chi connectivity index (χ1v) is 12.9. The zero-order valence-corrected chi connectivity index (χ0v) is 20.8. The predicted molar refractivity (Wildman–Crippen MR) is 157 cm³/mol. The number of hydrogen-bond acceptors (Lipinski definition) is 3. The highest BCUT2D eigenvalue weighted by molar-refractivity contribution is 6.23. The topological polar surface area (TPSA) is 38.9 Å². The fourth-order valence-electron chi connectivity index (χ4n) is 5.83. The molecule has 0 radical (unpaired) electrons. The molecule has 0 aliphatic heterocycles. The van der Waals surface area contributed by atoms with Crippen LogP contribution in [0.15, 0.2) is 120 Å². The Bertz CT molecular complexity index is 2210. The minimum Gasteiger partial charge on any atom is -0.455 e. The van der Waals surface area contributed by atoms with E-state index in [1.807, 2.05) is 12.1 Å². The number of nitrogens with zero attached hydrogens (tertiary/aromatic N) is 2. The molecule has 0 bridgehead atoms. The van der Waals surface area contributed by atoms with E-state index in [2.05, 4.69) is 110 Å². The van der Waals surface area contributed by atoms with E-state index >= 15 is 0 Å². The van der Waals surface area contributed by atoms with Crippen LogP contribution in [0.3, 0.4) is 0 Å². The molecule has 0 saturated heterocycles. The lowest BCUT2D eigenvalue weighted by atomic mass is 9.97. The summed E-state index contributed by atoms with van der Waals surface area (Å²) in [6.07, 6.45) is 0. The van der Waals surface area contributed by atoms with Gasteiger partial charge in [0.1, 0.15) is 11.2 Å². The van der Waals surface area contributed by atoms with Gasteiger partial charge in [0.2, 0.25) is 0 Å². The van der Waals surface area contributed by atoms with Gasteiger partial charge in [0.15, 0.2) is 0 Å². The van der Waals surface area contributed by atoms with E-state index < -0.39 is 0 Å². The van der Waals surface area contributed by atoms with Crippen LogP contribution >= 0.6 is 0 Å². The number of para-hydroxylation sites is 2. The molecule has 178 valence electrons. The van der Waals surface area contributed by atoms with E-state index in [4.69, 9.17) is 14.4 Å². The highest BCUT2D eigenvalue weighted by atomic mass is 16.3. The van der Waals surface area contributed by atoms with Crippen LogP contribution in [0.5, 0.6) is 0 Å². The smallest absolute Gasteiger partial charge is 0.143 e. The van der Waals surface area contributed by atoms with Crippen LogP contribution in [0, 0.1) is 6.92 Å². The summed E-state index contributed by atoms with van der Waals surface area (Å²) in [4.78, 5) is 10.4. The van der Waals surface area contributed by atoms with Crippen molar-refractivity contribution in [3.05, 3.63) is 121 Å². The van der Waals surface area contributed by atoms with Gasteiger partial charge in [-0.3, -0.25) is 0 Å². The van der Waals surface area contributed by atoms with Crippen molar-refractivity contribution in [2.45, 2.75) is 6.92 Å². The first kappa shape index (κ1) is 21.1. The van der Waals surface area contributed by atoms with E-state index in [1.165, 1.54) is 10.8 Å². The molecule has 2 heterocycles. The van der Waals surface area contributed by atoms with Crippen molar-refractivity contribution < 1.29 is 4.42 Å². The largest absolute Gasteiger partial charge is 0.455 e. The molecule has 0 saturated carbocycles. The molecule has 0 spiro atoms. The lowest BCUT2D eigenvalue weighted by molar-refractivity contribution is 0.670. The molecular weight excluding hydrogens is 464 g/mol. The van der Waals surface area contributed by atoms with Gasteiger partial charge in [-0.1, -0.05) is 103 Å². The van der Waals surface area contributed by atoms with Gasteiger partial charge in [0.25, 0.3) is 0 Å². The fraction of sp³-hybridized carbons (Fsp3) is 0.0286. The summed E-state index contributed by atoms with van der Waals surface area (Å²) in [7, 11) is 0. The van der Waals surface area contributed by atoms with E-state index in [0.717, 1.165) is 71.8 Å². The van der Waals surface area contributed by atoms with Crippen molar-refractivity contribution in [2.75, 3.05) is 0 Å². The van der Waals surface area contributed by atoms with Gasteiger partial charge in [-0.05, 0) is 35.4 Å². The Morgan fingerprint density at radius 1 is 0.500 bits per heavy atom. The standard InChI is InChI=1S/C35H22N2O/c1-21-32(37-34-29-16-5-3-13-26(29)25-12-2-4-15-28(25)33(34)36-21)23-11-8-10-22(20-23)24-17-9-18-30-27-14-6-7-19-31(27)38-35(24)30/h2-20H,1H3. The van der Waals surface area contributed by atoms with Gasteiger partial charge in [-0.15, -0.1) is 0 Å². The van der Waals surface area contributed by atoms with Crippen molar-refractivity contribution in [3.63, 3.8) is 0 Å². The third-order valence-corrected chi connectivity index (χ3v) is 7.58. The van der Waals surface area contributed by atoms with Crippen LogP contribution in [-0.4, -0.2) is 9.97 Å². The van der Waals surface area contributed by atoms with Gasteiger partial charge >= 0.3 is 0 Å². The Morgan fingerprint density at radius 3 is 1.84 bits per heavy atom. The van der Waals surface area contributed by atoms with Crippen molar-refractivity contribution in [1.29, 1.82) is 0 Å². The monoisotopic (exact) mass is 486 g/mol. The number of hydrogen-bond donors (Lipinski definition) is 0. The Morgan fingerprint density at radius 2 is 1.08 bits per heavy atom. The van der Waals surface area contributed by atoms with Crippen LogP contribution in [0.4, 0.5) is 0 Å². The predicted octanol–water partition coefficient (Wildman–Crippen LogP) is 9.48. The second-order valence-electron chi connectivity index (χ2n) is 9.81. The summed E-state index contributed by atoms with van der Waals surface area (Å²) in [6, 6.07) is 40.1. The van der Waals surface area contributed by atoms with E-state index in [1.54, 1.807) is 0 Å². The molecule has 8 aromatic rings. The first-order valence-electron chi connectivity index (χ1n) is 12.9. The SMILES string of the molecule is Cc1nc2c3ccccc3c3ccccc3c2nc1-c1cccc(-c2cccc3c2oc2ccccc23)c1. The highest BCUT2D eigenvalue weighted by Crippen LogP contribution is 2.38. The fourth-order valence-corrected chi connectivity index (χ4v) is 5.83. The minimum absolute atomic E-state index is 0.900. The van der Waals surface area contributed by atoms with Gasteiger partial charge in [-0.2, -0.15) is 0 Å². The third-order valence-electron chi connectivity index (χ3n) is 7.58. The van der Waals surface area contributed by atoms with Crippen LogP contribution in [0.2, 0.25) is 0 Å². The molecule has 0 N–H and O–H groups in total. The van der Waals surface area contributed by atoms with Gasteiger partial charge in [-0.25, -0.2) is 9.97 Å². The maximum absolute atomic E-state index is 6.33. The summed E-state index contributed by atoms with van der Waals surface area (Å²) >= 11 is 0. The van der Waals surface area contributed by atoms with Crippen molar-refractivity contribution in [3.8, 4) is 22.4 Å². The Kier molecular flexibility index (Phi) is 4.44. The molecule has 6 aromatic carbocycles. The molecule has 0 atom stereocenters. The lowest BCUT2D eigenvalue weighted by Crippen LogP contribution is -1.97. The van der Waals surface area contributed by atoms with Gasteiger partial charge in [0.05, 0.1) is 22.4 Å². The number of fused-ring (bicyclic) bond motifs is 9. The Labute approximate surface area is 219 Å². The summed E-state index contributed by atoms with van der Waals surface area (Å²) in [5.74, 6) is 0. The minimum atomic E-state index is 0.900.